The topological polar surface area (TPSA) is 92.4 Å². The fourth-order valence-electron chi connectivity index (χ4n) is 2.97. The van der Waals surface area contributed by atoms with Crippen LogP contribution >= 0.6 is 0 Å². The Bertz CT molecular complexity index is 441. The van der Waals surface area contributed by atoms with E-state index in [0.717, 1.165) is 19.5 Å². The molecule has 0 aliphatic carbocycles. The van der Waals surface area contributed by atoms with E-state index >= 15 is 0 Å². The molecule has 0 spiro atoms. The number of hydrazine groups is 1. The second-order valence-corrected chi connectivity index (χ2v) is 5.22. The highest BCUT2D eigenvalue weighted by Gasteiger charge is 2.30. The number of hydrogen-bond acceptors (Lipinski definition) is 8. The van der Waals surface area contributed by atoms with Gasteiger partial charge in [0.15, 0.2) is 0 Å². The maximum Gasteiger partial charge on any atom is 0.322 e. The lowest BCUT2D eigenvalue weighted by Crippen LogP contribution is -2.35. The van der Waals surface area contributed by atoms with Crippen molar-refractivity contribution < 1.29 is 4.74 Å². The van der Waals surface area contributed by atoms with Gasteiger partial charge in [-0.3, -0.25) is 10.3 Å². The third-order valence-corrected chi connectivity index (χ3v) is 4.02. The highest BCUT2D eigenvalue weighted by molar-refractivity contribution is 5.39. The molecule has 2 aliphatic rings. The Hall–Kier alpha value is -1.67. The van der Waals surface area contributed by atoms with Gasteiger partial charge in [0.05, 0.1) is 7.11 Å². The van der Waals surface area contributed by atoms with Crippen molar-refractivity contribution in [2.75, 3.05) is 43.6 Å². The number of rotatable bonds is 4. The van der Waals surface area contributed by atoms with Crippen molar-refractivity contribution in [3.8, 4) is 6.01 Å². The number of likely N-dealkylation sites (tertiary alicyclic amines) is 1. The van der Waals surface area contributed by atoms with Crippen molar-refractivity contribution in [3.63, 3.8) is 0 Å². The van der Waals surface area contributed by atoms with Crippen LogP contribution in [-0.4, -0.2) is 59.2 Å². The van der Waals surface area contributed by atoms with Gasteiger partial charge in [0.25, 0.3) is 0 Å². The standard InChI is InChI=1S/C12H21N7O/c1-20-12-15-10(17-13)14-11(16-12)19-7-4-9(8-19)18-5-2-3-6-18/h9H,2-8,13H2,1H3,(H,14,15,16,17). The Kier molecular flexibility index (Phi) is 3.83. The molecule has 1 aromatic rings. The minimum Gasteiger partial charge on any atom is -0.467 e. The maximum absolute atomic E-state index is 5.38. The Morgan fingerprint density at radius 1 is 1.20 bits per heavy atom. The van der Waals surface area contributed by atoms with Gasteiger partial charge in [-0.1, -0.05) is 0 Å². The first-order chi connectivity index (χ1) is 9.80. The molecule has 0 saturated carbocycles. The summed E-state index contributed by atoms with van der Waals surface area (Å²) in [5.41, 5.74) is 2.45. The Balaban J connectivity index is 1.73. The largest absolute Gasteiger partial charge is 0.467 e. The Labute approximate surface area is 118 Å². The zero-order chi connectivity index (χ0) is 13.9. The zero-order valence-corrected chi connectivity index (χ0v) is 11.7. The van der Waals surface area contributed by atoms with E-state index in [-0.39, 0.29) is 6.01 Å². The number of nitrogens with zero attached hydrogens (tertiary/aromatic N) is 5. The highest BCUT2D eigenvalue weighted by atomic mass is 16.5. The Morgan fingerprint density at radius 2 is 2.00 bits per heavy atom. The van der Waals surface area contributed by atoms with E-state index in [1.54, 1.807) is 0 Å². The number of hydrogen-bond donors (Lipinski definition) is 2. The average Bonchev–Trinajstić information content (AvgIpc) is 3.17. The van der Waals surface area contributed by atoms with E-state index in [4.69, 9.17) is 10.6 Å². The van der Waals surface area contributed by atoms with E-state index in [1.165, 1.54) is 33.0 Å². The SMILES string of the molecule is COc1nc(NN)nc(N2CCC(N3CCCC3)C2)n1. The highest BCUT2D eigenvalue weighted by Crippen LogP contribution is 2.24. The number of methoxy groups -OCH3 is 1. The summed E-state index contributed by atoms with van der Waals surface area (Å²) in [7, 11) is 1.54. The van der Waals surface area contributed by atoms with Crippen molar-refractivity contribution in [1.29, 1.82) is 0 Å². The quantitative estimate of drug-likeness (QED) is 0.580. The van der Waals surface area contributed by atoms with Crippen molar-refractivity contribution in [2.45, 2.75) is 25.3 Å². The number of nitrogens with two attached hydrogens (primary N) is 1. The van der Waals surface area contributed by atoms with Crippen LogP contribution in [0.3, 0.4) is 0 Å². The first-order valence-electron chi connectivity index (χ1n) is 7.06. The molecule has 0 bridgehead atoms. The van der Waals surface area contributed by atoms with Crippen LogP contribution < -0.4 is 20.9 Å². The minimum absolute atomic E-state index is 0.285. The number of anilines is 2. The van der Waals surface area contributed by atoms with Gasteiger partial charge in [0.2, 0.25) is 11.9 Å². The lowest BCUT2D eigenvalue weighted by atomic mass is 10.2. The van der Waals surface area contributed by atoms with E-state index in [2.05, 4.69) is 30.2 Å². The lowest BCUT2D eigenvalue weighted by molar-refractivity contribution is 0.260. The number of ether oxygens (including phenoxy) is 1. The third kappa shape index (κ3) is 2.61. The van der Waals surface area contributed by atoms with E-state index in [9.17, 15) is 0 Å². The molecule has 3 rings (SSSR count). The molecule has 3 N–H and O–H groups in total. The van der Waals surface area contributed by atoms with Crippen LogP contribution in [-0.2, 0) is 0 Å². The van der Waals surface area contributed by atoms with E-state index < -0.39 is 0 Å². The molecule has 8 heteroatoms. The average molecular weight is 279 g/mol. The maximum atomic E-state index is 5.38. The first-order valence-corrected chi connectivity index (χ1v) is 7.06. The molecule has 0 amide bonds. The number of aromatic nitrogens is 3. The lowest BCUT2D eigenvalue weighted by Gasteiger charge is -2.23. The monoisotopic (exact) mass is 279 g/mol. The van der Waals surface area contributed by atoms with Gasteiger partial charge in [0, 0.05) is 19.1 Å². The predicted molar refractivity (Wildman–Crippen MR) is 75.6 cm³/mol. The molecule has 1 unspecified atom stereocenters. The van der Waals surface area contributed by atoms with Crippen LogP contribution in [0.15, 0.2) is 0 Å². The molecular weight excluding hydrogens is 258 g/mol. The van der Waals surface area contributed by atoms with Gasteiger partial charge in [-0.25, -0.2) is 5.84 Å². The molecular formula is C12H21N7O. The van der Waals surface area contributed by atoms with Gasteiger partial charge in [-0.15, -0.1) is 0 Å². The molecule has 8 nitrogen and oxygen atoms in total. The summed E-state index contributed by atoms with van der Waals surface area (Å²) in [5.74, 6) is 6.34. The second-order valence-electron chi connectivity index (χ2n) is 5.22. The molecule has 1 aromatic heterocycles. The molecule has 2 aliphatic heterocycles. The molecule has 20 heavy (non-hydrogen) atoms. The molecule has 1 atom stereocenters. The van der Waals surface area contributed by atoms with Gasteiger partial charge in [-0.2, -0.15) is 15.0 Å². The van der Waals surface area contributed by atoms with Gasteiger partial charge in [0.1, 0.15) is 0 Å². The fraction of sp³-hybridized carbons (Fsp3) is 0.750. The van der Waals surface area contributed by atoms with Gasteiger partial charge < -0.3 is 9.64 Å². The Morgan fingerprint density at radius 3 is 2.70 bits per heavy atom. The van der Waals surface area contributed by atoms with Crippen LogP contribution in [0.2, 0.25) is 0 Å². The minimum atomic E-state index is 0.285. The number of nitrogens with one attached hydrogen (secondary N) is 1. The van der Waals surface area contributed by atoms with Crippen LogP contribution in [0.4, 0.5) is 11.9 Å². The summed E-state index contributed by atoms with van der Waals surface area (Å²) in [6.45, 7) is 4.35. The third-order valence-electron chi connectivity index (χ3n) is 4.02. The second kappa shape index (κ2) is 5.76. The van der Waals surface area contributed by atoms with Crippen molar-refractivity contribution in [3.05, 3.63) is 0 Å². The molecule has 2 saturated heterocycles. The zero-order valence-electron chi connectivity index (χ0n) is 11.7. The van der Waals surface area contributed by atoms with Crippen molar-refractivity contribution >= 4 is 11.9 Å². The normalized spacial score (nSPS) is 23.3. The van der Waals surface area contributed by atoms with E-state index in [1.807, 2.05) is 0 Å². The summed E-state index contributed by atoms with van der Waals surface area (Å²) in [6, 6.07) is 0.891. The summed E-state index contributed by atoms with van der Waals surface area (Å²) in [6.07, 6.45) is 3.79. The van der Waals surface area contributed by atoms with Crippen LogP contribution in [0.1, 0.15) is 19.3 Å². The van der Waals surface area contributed by atoms with E-state index in [0.29, 0.717) is 17.9 Å². The van der Waals surface area contributed by atoms with Gasteiger partial charge >= 0.3 is 6.01 Å². The summed E-state index contributed by atoms with van der Waals surface area (Å²) in [5, 5.41) is 0. The smallest absolute Gasteiger partial charge is 0.322 e. The van der Waals surface area contributed by atoms with Gasteiger partial charge in [-0.05, 0) is 32.4 Å². The van der Waals surface area contributed by atoms with Crippen LogP contribution in [0.5, 0.6) is 6.01 Å². The molecule has 3 heterocycles. The summed E-state index contributed by atoms with van der Waals surface area (Å²) < 4.78 is 5.09. The molecule has 2 fully saturated rings. The van der Waals surface area contributed by atoms with Crippen molar-refractivity contribution in [2.24, 2.45) is 5.84 Å². The molecule has 0 radical (unpaired) electrons. The summed E-state index contributed by atoms with van der Waals surface area (Å²) >= 11 is 0. The summed E-state index contributed by atoms with van der Waals surface area (Å²) in [4.78, 5) is 17.4. The van der Waals surface area contributed by atoms with Crippen LogP contribution in [0.25, 0.3) is 0 Å². The molecule has 110 valence electrons. The number of nitrogen functional groups attached to an aromatic ring is 1. The fourth-order valence-corrected chi connectivity index (χ4v) is 2.97. The van der Waals surface area contributed by atoms with Crippen LogP contribution in [0, 0.1) is 0 Å². The van der Waals surface area contributed by atoms with Crippen molar-refractivity contribution in [1.82, 2.24) is 19.9 Å². The predicted octanol–water partition coefficient (Wildman–Crippen LogP) is -0.160. The first kappa shape index (κ1) is 13.3. The molecule has 0 aromatic carbocycles.